The van der Waals surface area contributed by atoms with Gasteiger partial charge in [0.05, 0.1) is 13.1 Å². The van der Waals surface area contributed by atoms with Crippen molar-refractivity contribution in [3.8, 4) is 11.4 Å². The van der Waals surface area contributed by atoms with Gasteiger partial charge in [-0.1, -0.05) is 0 Å². The van der Waals surface area contributed by atoms with E-state index in [1.54, 1.807) is 17.1 Å². The molecular formula is C19H21N7O2. The summed E-state index contributed by atoms with van der Waals surface area (Å²) in [6.07, 6.45) is 4.27. The normalized spacial score (nSPS) is 21.3. The minimum atomic E-state index is -0.420. The fourth-order valence-corrected chi connectivity index (χ4v) is 3.97. The Balaban J connectivity index is 1.39. The van der Waals surface area contributed by atoms with Crippen molar-refractivity contribution in [1.29, 1.82) is 0 Å². The molecule has 0 saturated carbocycles. The van der Waals surface area contributed by atoms with E-state index in [-0.39, 0.29) is 5.91 Å². The third kappa shape index (κ3) is 2.70. The van der Waals surface area contributed by atoms with Crippen LogP contribution in [0.5, 0.6) is 0 Å². The Morgan fingerprint density at radius 2 is 2.04 bits per heavy atom. The zero-order valence-electron chi connectivity index (χ0n) is 15.9. The number of nitrogens with zero attached hydrogens (tertiary/aromatic N) is 7. The van der Waals surface area contributed by atoms with E-state index in [1.165, 1.54) is 0 Å². The lowest BCUT2D eigenvalue weighted by Gasteiger charge is -2.34. The second-order valence-corrected chi connectivity index (χ2v) is 7.50. The third-order valence-electron chi connectivity index (χ3n) is 5.66. The number of pyridine rings is 1. The van der Waals surface area contributed by atoms with E-state index >= 15 is 0 Å². The highest BCUT2D eigenvalue weighted by Crippen LogP contribution is 2.34. The molecule has 3 aromatic heterocycles. The molecule has 9 heteroatoms. The molecule has 5 heterocycles. The van der Waals surface area contributed by atoms with E-state index < -0.39 is 5.60 Å². The summed E-state index contributed by atoms with van der Waals surface area (Å²) in [4.78, 5) is 18.8. The molecule has 1 atom stereocenters. The molecule has 1 spiro atoms. The molecule has 3 aromatic rings. The predicted octanol–water partition coefficient (Wildman–Crippen LogP) is 1.20. The summed E-state index contributed by atoms with van der Waals surface area (Å²) in [7, 11) is 1.84. The zero-order valence-corrected chi connectivity index (χ0v) is 15.9. The molecule has 0 radical (unpaired) electrons. The predicted molar refractivity (Wildman–Crippen MR) is 99.2 cm³/mol. The van der Waals surface area contributed by atoms with Crippen LogP contribution in [0.1, 0.15) is 28.4 Å². The summed E-state index contributed by atoms with van der Waals surface area (Å²) in [5.41, 5.74) is 2.00. The molecule has 0 N–H and O–H groups in total. The van der Waals surface area contributed by atoms with Gasteiger partial charge in [-0.2, -0.15) is 5.10 Å². The van der Waals surface area contributed by atoms with Crippen LogP contribution in [0, 0.1) is 6.92 Å². The van der Waals surface area contributed by atoms with Crippen LogP contribution in [-0.4, -0.2) is 59.0 Å². The van der Waals surface area contributed by atoms with Crippen LogP contribution >= 0.6 is 0 Å². The highest BCUT2D eigenvalue weighted by Gasteiger charge is 2.45. The largest absolute Gasteiger partial charge is 0.363 e. The second-order valence-electron chi connectivity index (χ2n) is 7.50. The van der Waals surface area contributed by atoms with Gasteiger partial charge in [-0.15, -0.1) is 10.2 Å². The van der Waals surface area contributed by atoms with E-state index in [0.717, 1.165) is 29.3 Å². The Morgan fingerprint density at radius 3 is 2.79 bits per heavy atom. The number of likely N-dealkylation sites (tertiary alicyclic amines) is 1. The maximum absolute atomic E-state index is 12.9. The van der Waals surface area contributed by atoms with Crippen molar-refractivity contribution in [2.24, 2.45) is 7.05 Å². The molecule has 0 aromatic carbocycles. The average Bonchev–Trinajstić information content (AvgIpc) is 3.40. The lowest BCUT2D eigenvalue weighted by molar-refractivity contribution is -0.0805. The van der Waals surface area contributed by atoms with Gasteiger partial charge < -0.3 is 14.2 Å². The highest BCUT2D eigenvalue weighted by molar-refractivity contribution is 5.92. The van der Waals surface area contributed by atoms with Crippen LogP contribution in [0.3, 0.4) is 0 Å². The summed E-state index contributed by atoms with van der Waals surface area (Å²) in [5.74, 6) is 1.57. The molecule has 28 heavy (non-hydrogen) atoms. The molecule has 1 amide bonds. The van der Waals surface area contributed by atoms with Gasteiger partial charge >= 0.3 is 0 Å². The molecular weight excluding hydrogens is 358 g/mol. The highest BCUT2D eigenvalue weighted by atomic mass is 16.5. The van der Waals surface area contributed by atoms with Crippen molar-refractivity contribution in [1.82, 2.24) is 34.4 Å². The standard InChI is InChI=1S/C19H21N7O2/c1-13-9-15(23-24(13)2)18(27)25-8-5-19(11-25)12-26-16(10-28-19)21-22-17(26)14-3-6-20-7-4-14/h3-4,6-7,9H,5,8,10-12H2,1-2H3. The summed E-state index contributed by atoms with van der Waals surface area (Å²) < 4.78 is 10.0. The molecule has 5 rings (SSSR count). The number of aryl methyl sites for hydroxylation is 2. The third-order valence-corrected chi connectivity index (χ3v) is 5.66. The van der Waals surface area contributed by atoms with Crippen molar-refractivity contribution < 1.29 is 9.53 Å². The van der Waals surface area contributed by atoms with E-state index in [1.807, 2.05) is 37.1 Å². The first-order valence-electron chi connectivity index (χ1n) is 9.31. The first-order chi connectivity index (χ1) is 13.5. The van der Waals surface area contributed by atoms with Crippen molar-refractivity contribution in [2.75, 3.05) is 13.1 Å². The summed E-state index contributed by atoms with van der Waals surface area (Å²) in [6.45, 7) is 4.14. The second kappa shape index (κ2) is 6.23. The van der Waals surface area contributed by atoms with Gasteiger partial charge in [-0.25, -0.2) is 0 Å². The maximum atomic E-state index is 12.9. The SMILES string of the molecule is Cc1cc(C(=O)N2CCC3(C2)Cn2c(nnc2-c2ccncc2)CO3)nn1C. The van der Waals surface area contributed by atoms with Gasteiger partial charge in [-0.05, 0) is 31.5 Å². The number of fused-ring (bicyclic) bond motifs is 1. The van der Waals surface area contributed by atoms with Crippen LogP contribution in [0.25, 0.3) is 11.4 Å². The van der Waals surface area contributed by atoms with Crippen LogP contribution in [-0.2, 0) is 24.9 Å². The number of hydrogen-bond donors (Lipinski definition) is 0. The summed E-state index contributed by atoms with van der Waals surface area (Å²) in [6, 6.07) is 5.68. The van der Waals surface area contributed by atoms with Gasteiger partial charge in [0.1, 0.15) is 12.2 Å². The Labute approximate surface area is 162 Å². The smallest absolute Gasteiger partial charge is 0.274 e. The monoisotopic (exact) mass is 379 g/mol. The minimum Gasteiger partial charge on any atom is -0.363 e. The number of carbonyl (C=O) groups excluding carboxylic acids is 1. The summed E-state index contributed by atoms with van der Waals surface area (Å²) in [5, 5.41) is 12.9. The molecule has 9 nitrogen and oxygen atoms in total. The number of carbonyl (C=O) groups is 1. The Hall–Kier alpha value is -3.07. The van der Waals surface area contributed by atoms with E-state index in [9.17, 15) is 4.79 Å². The van der Waals surface area contributed by atoms with Crippen molar-refractivity contribution >= 4 is 5.91 Å². The quantitative estimate of drug-likeness (QED) is 0.664. The molecule has 144 valence electrons. The van der Waals surface area contributed by atoms with Gasteiger partial charge in [0, 0.05) is 37.2 Å². The fraction of sp³-hybridized carbons (Fsp3) is 0.421. The number of amides is 1. The zero-order chi connectivity index (χ0) is 19.3. The van der Waals surface area contributed by atoms with Crippen molar-refractivity contribution in [3.63, 3.8) is 0 Å². The van der Waals surface area contributed by atoms with E-state index in [0.29, 0.717) is 31.9 Å². The molecule has 1 fully saturated rings. The molecule has 1 saturated heterocycles. The van der Waals surface area contributed by atoms with Gasteiger partial charge in [0.2, 0.25) is 0 Å². The van der Waals surface area contributed by atoms with Crippen LogP contribution in [0.2, 0.25) is 0 Å². The Kier molecular flexibility index (Phi) is 3.80. The van der Waals surface area contributed by atoms with Gasteiger partial charge in [0.25, 0.3) is 5.91 Å². The maximum Gasteiger partial charge on any atom is 0.274 e. The Bertz CT molecular complexity index is 1020. The fourth-order valence-electron chi connectivity index (χ4n) is 3.97. The van der Waals surface area contributed by atoms with E-state index in [4.69, 9.17) is 4.74 Å². The van der Waals surface area contributed by atoms with Gasteiger partial charge in [-0.3, -0.25) is 14.5 Å². The van der Waals surface area contributed by atoms with Crippen molar-refractivity contribution in [3.05, 3.63) is 47.8 Å². The Morgan fingerprint density at radius 1 is 1.21 bits per heavy atom. The number of ether oxygens (including phenoxy) is 1. The topological polar surface area (TPSA) is 91.0 Å². The lowest BCUT2D eigenvalue weighted by Crippen LogP contribution is -2.45. The molecule has 0 aliphatic carbocycles. The number of rotatable bonds is 2. The first-order valence-corrected chi connectivity index (χ1v) is 9.31. The average molecular weight is 379 g/mol. The molecule has 1 unspecified atom stereocenters. The van der Waals surface area contributed by atoms with Crippen molar-refractivity contribution in [2.45, 2.75) is 32.1 Å². The van der Waals surface area contributed by atoms with Crippen LogP contribution in [0.15, 0.2) is 30.6 Å². The minimum absolute atomic E-state index is 0.0481. The van der Waals surface area contributed by atoms with Gasteiger partial charge in [0.15, 0.2) is 17.3 Å². The molecule has 2 aliphatic heterocycles. The molecule has 0 bridgehead atoms. The molecule has 2 aliphatic rings. The summed E-state index contributed by atoms with van der Waals surface area (Å²) >= 11 is 0. The first kappa shape index (κ1) is 17.1. The van der Waals surface area contributed by atoms with Crippen LogP contribution in [0.4, 0.5) is 0 Å². The van der Waals surface area contributed by atoms with E-state index in [2.05, 4.69) is 24.8 Å². The lowest BCUT2D eigenvalue weighted by atomic mass is 10.0. The number of aromatic nitrogens is 6. The van der Waals surface area contributed by atoms with Crippen LogP contribution < -0.4 is 0 Å². The number of hydrogen-bond acceptors (Lipinski definition) is 6.